The van der Waals surface area contributed by atoms with Crippen molar-refractivity contribution in [2.45, 2.75) is 27.2 Å². The standard InChI is InChI=1S/C11H18N2O2S/c1-4-5-16(14,15)13-11-7-9(3)8(2)6-10(11)12/h6-7,13H,4-5,12H2,1-3H3. The number of benzene rings is 1. The third kappa shape index (κ3) is 3.13. The molecule has 0 spiro atoms. The van der Waals surface area contributed by atoms with Crippen molar-refractivity contribution < 1.29 is 8.42 Å². The molecule has 0 aliphatic carbocycles. The maximum atomic E-state index is 11.6. The summed E-state index contributed by atoms with van der Waals surface area (Å²) in [5, 5.41) is 0. The summed E-state index contributed by atoms with van der Waals surface area (Å²) < 4.78 is 25.7. The van der Waals surface area contributed by atoms with Crippen LogP contribution in [-0.4, -0.2) is 14.2 Å². The topological polar surface area (TPSA) is 72.2 Å². The van der Waals surface area contributed by atoms with Crippen LogP contribution in [0.25, 0.3) is 0 Å². The van der Waals surface area contributed by atoms with Crippen molar-refractivity contribution in [3.05, 3.63) is 23.3 Å². The van der Waals surface area contributed by atoms with Crippen molar-refractivity contribution >= 4 is 21.4 Å². The molecule has 1 aromatic carbocycles. The summed E-state index contributed by atoms with van der Waals surface area (Å²) in [7, 11) is -3.27. The molecular weight excluding hydrogens is 224 g/mol. The second kappa shape index (κ2) is 4.74. The molecule has 16 heavy (non-hydrogen) atoms. The van der Waals surface area contributed by atoms with Crippen LogP contribution in [0.1, 0.15) is 24.5 Å². The molecule has 0 bridgehead atoms. The Kier molecular flexibility index (Phi) is 3.80. The first-order chi connectivity index (χ1) is 7.35. The molecule has 0 amide bonds. The highest BCUT2D eigenvalue weighted by Gasteiger charge is 2.11. The monoisotopic (exact) mass is 242 g/mol. The summed E-state index contributed by atoms with van der Waals surface area (Å²) in [4.78, 5) is 0. The van der Waals surface area contributed by atoms with E-state index in [4.69, 9.17) is 5.73 Å². The first-order valence-corrected chi connectivity index (χ1v) is 6.88. The van der Waals surface area contributed by atoms with Crippen LogP contribution in [0.15, 0.2) is 12.1 Å². The molecule has 0 fully saturated rings. The Morgan fingerprint density at radius 2 is 1.81 bits per heavy atom. The van der Waals surface area contributed by atoms with E-state index >= 15 is 0 Å². The fraction of sp³-hybridized carbons (Fsp3) is 0.455. The molecule has 0 saturated heterocycles. The highest BCUT2D eigenvalue weighted by Crippen LogP contribution is 2.24. The van der Waals surface area contributed by atoms with Crippen molar-refractivity contribution in [3.63, 3.8) is 0 Å². The predicted octanol–water partition coefficient (Wildman–Crippen LogP) is 2.04. The fourth-order valence-electron chi connectivity index (χ4n) is 1.41. The van der Waals surface area contributed by atoms with Gasteiger partial charge in [-0.25, -0.2) is 8.42 Å². The molecule has 0 radical (unpaired) electrons. The largest absolute Gasteiger partial charge is 0.397 e. The van der Waals surface area contributed by atoms with Crippen LogP contribution < -0.4 is 10.5 Å². The van der Waals surface area contributed by atoms with Gasteiger partial charge in [0.15, 0.2) is 0 Å². The summed E-state index contributed by atoms with van der Waals surface area (Å²) in [5.41, 5.74) is 8.77. The number of aryl methyl sites for hydroxylation is 2. The van der Waals surface area contributed by atoms with Crippen molar-refractivity contribution in [2.75, 3.05) is 16.2 Å². The van der Waals surface area contributed by atoms with Gasteiger partial charge in [0.05, 0.1) is 17.1 Å². The van der Waals surface area contributed by atoms with E-state index in [0.29, 0.717) is 17.8 Å². The van der Waals surface area contributed by atoms with Gasteiger partial charge in [-0.15, -0.1) is 0 Å². The SMILES string of the molecule is CCCS(=O)(=O)Nc1cc(C)c(C)cc1N. The molecule has 0 atom stereocenters. The third-order valence-corrected chi connectivity index (χ3v) is 3.88. The number of nitrogens with two attached hydrogens (primary N) is 1. The summed E-state index contributed by atoms with van der Waals surface area (Å²) >= 11 is 0. The Bertz CT molecular complexity index is 481. The Labute approximate surface area is 96.9 Å². The van der Waals surface area contributed by atoms with Crippen molar-refractivity contribution in [3.8, 4) is 0 Å². The predicted molar refractivity (Wildman–Crippen MR) is 68.0 cm³/mol. The molecule has 0 saturated carbocycles. The molecule has 3 N–H and O–H groups in total. The van der Waals surface area contributed by atoms with Gasteiger partial charge < -0.3 is 5.73 Å². The molecule has 1 rings (SSSR count). The Hall–Kier alpha value is -1.23. The van der Waals surface area contributed by atoms with Gasteiger partial charge in [-0.3, -0.25) is 4.72 Å². The Morgan fingerprint density at radius 3 is 2.38 bits per heavy atom. The van der Waals surface area contributed by atoms with Crippen LogP contribution in [0.3, 0.4) is 0 Å². The molecule has 90 valence electrons. The molecular formula is C11H18N2O2S. The lowest BCUT2D eigenvalue weighted by molar-refractivity contribution is 0.600. The lowest BCUT2D eigenvalue weighted by Gasteiger charge is -2.12. The van der Waals surface area contributed by atoms with Crippen molar-refractivity contribution in [1.82, 2.24) is 0 Å². The zero-order chi connectivity index (χ0) is 12.3. The van der Waals surface area contributed by atoms with Crippen molar-refractivity contribution in [2.24, 2.45) is 0 Å². The van der Waals surface area contributed by atoms with Crippen LogP contribution in [0.2, 0.25) is 0 Å². The van der Waals surface area contributed by atoms with E-state index in [9.17, 15) is 8.42 Å². The molecule has 0 aliphatic heterocycles. The number of rotatable bonds is 4. The number of sulfonamides is 1. The lowest BCUT2D eigenvalue weighted by atomic mass is 10.1. The lowest BCUT2D eigenvalue weighted by Crippen LogP contribution is -2.17. The number of hydrogen-bond donors (Lipinski definition) is 2. The van der Waals surface area contributed by atoms with Gasteiger partial charge in [-0.1, -0.05) is 6.92 Å². The van der Waals surface area contributed by atoms with E-state index in [-0.39, 0.29) is 5.75 Å². The first-order valence-electron chi connectivity index (χ1n) is 5.23. The van der Waals surface area contributed by atoms with Gasteiger partial charge in [0.1, 0.15) is 0 Å². The Morgan fingerprint density at radius 1 is 1.25 bits per heavy atom. The van der Waals surface area contributed by atoms with Crippen LogP contribution >= 0.6 is 0 Å². The second-order valence-corrected chi connectivity index (χ2v) is 5.79. The smallest absolute Gasteiger partial charge is 0.232 e. The quantitative estimate of drug-likeness (QED) is 0.794. The number of anilines is 2. The maximum Gasteiger partial charge on any atom is 0.232 e. The van der Waals surface area contributed by atoms with Gasteiger partial charge in [0.25, 0.3) is 0 Å². The molecule has 0 heterocycles. The summed E-state index contributed by atoms with van der Waals surface area (Å²) in [5.74, 6) is 0.110. The summed E-state index contributed by atoms with van der Waals surface area (Å²) in [6.07, 6.45) is 0.583. The minimum Gasteiger partial charge on any atom is -0.397 e. The van der Waals surface area contributed by atoms with E-state index < -0.39 is 10.0 Å². The van der Waals surface area contributed by atoms with Gasteiger partial charge in [0.2, 0.25) is 10.0 Å². The molecule has 0 aromatic heterocycles. The van der Waals surface area contributed by atoms with Crippen LogP contribution in [0.5, 0.6) is 0 Å². The zero-order valence-electron chi connectivity index (χ0n) is 9.87. The van der Waals surface area contributed by atoms with E-state index in [0.717, 1.165) is 11.1 Å². The highest BCUT2D eigenvalue weighted by atomic mass is 32.2. The minimum atomic E-state index is -3.27. The average Bonchev–Trinajstić information content (AvgIpc) is 2.13. The zero-order valence-corrected chi connectivity index (χ0v) is 10.7. The highest BCUT2D eigenvalue weighted by molar-refractivity contribution is 7.92. The molecule has 0 unspecified atom stereocenters. The fourth-order valence-corrected chi connectivity index (χ4v) is 2.57. The van der Waals surface area contributed by atoms with Crippen molar-refractivity contribution in [1.29, 1.82) is 0 Å². The van der Waals surface area contributed by atoms with Gasteiger partial charge in [-0.05, 0) is 43.5 Å². The summed E-state index contributed by atoms with van der Waals surface area (Å²) in [6, 6.07) is 3.54. The molecule has 4 nitrogen and oxygen atoms in total. The maximum absolute atomic E-state index is 11.6. The van der Waals surface area contributed by atoms with E-state index in [2.05, 4.69) is 4.72 Å². The normalized spacial score (nSPS) is 11.4. The number of nitrogen functional groups attached to an aromatic ring is 1. The van der Waals surface area contributed by atoms with E-state index in [1.54, 1.807) is 12.1 Å². The minimum absolute atomic E-state index is 0.110. The number of nitrogens with one attached hydrogen (secondary N) is 1. The van der Waals surface area contributed by atoms with Gasteiger partial charge >= 0.3 is 0 Å². The second-order valence-electron chi connectivity index (χ2n) is 3.94. The molecule has 5 heteroatoms. The molecule has 0 aliphatic rings. The average molecular weight is 242 g/mol. The van der Waals surface area contributed by atoms with E-state index in [1.807, 2.05) is 20.8 Å². The third-order valence-electron chi connectivity index (χ3n) is 2.40. The van der Waals surface area contributed by atoms with Crippen LogP contribution in [0.4, 0.5) is 11.4 Å². The first kappa shape index (κ1) is 12.8. The van der Waals surface area contributed by atoms with Gasteiger partial charge in [-0.2, -0.15) is 0 Å². The van der Waals surface area contributed by atoms with Gasteiger partial charge in [0, 0.05) is 0 Å². The van der Waals surface area contributed by atoms with Crippen LogP contribution in [-0.2, 0) is 10.0 Å². The Balaban J connectivity index is 3.03. The van der Waals surface area contributed by atoms with Crippen LogP contribution in [0, 0.1) is 13.8 Å². The summed E-state index contributed by atoms with van der Waals surface area (Å²) in [6.45, 7) is 5.69. The number of hydrogen-bond acceptors (Lipinski definition) is 3. The van der Waals surface area contributed by atoms with E-state index in [1.165, 1.54) is 0 Å². The molecule has 1 aromatic rings.